The predicted molar refractivity (Wildman–Crippen MR) is 78.3 cm³/mol. The van der Waals surface area contributed by atoms with Gasteiger partial charge >= 0.3 is 11.9 Å². The summed E-state index contributed by atoms with van der Waals surface area (Å²) in [5, 5.41) is 0. The zero-order chi connectivity index (χ0) is 16.2. The van der Waals surface area contributed by atoms with Gasteiger partial charge in [0.2, 0.25) is 0 Å². The van der Waals surface area contributed by atoms with E-state index < -0.39 is 30.3 Å². The molecule has 9 heteroatoms. The second-order valence-corrected chi connectivity index (χ2v) is 5.55. The minimum absolute atomic E-state index is 0.0516. The fraction of sp³-hybridized carbons (Fsp3) is 0.333. The van der Waals surface area contributed by atoms with Crippen molar-refractivity contribution in [1.29, 1.82) is 0 Å². The number of halogens is 2. The first-order valence-corrected chi connectivity index (χ1v) is 7.24. The Labute approximate surface area is 137 Å². The molecule has 7 nitrogen and oxygen atoms in total. The van der Waals surface area contributed by atoms with Crippen molar-refractivity contribution in [3.63, 3.8) is 0 Å². The zero-order valence-corrected chi connectivity index (χ0v) is 14.2. The van der Waals surface area contributed by atoms with Gasteiger partial charge in [0.15, 0.2) is 0 Å². The number of amides is 2. The van der Waals surface area contributed by atoms with Crippen LogP contribution in [0.4, 0.5) is 0 Å². The van der Waals surface area contributed by atoms with Crippen LogP contribution in [0.5, 0.6) is 0 Å². The van der Waals surface area contributed by atoms with Crippen LogP contribution in [0.15, 0.2) is 21.1 Å². The van der Waals surface area contributed by atoms with Gasteiger partial charge in [0.25, 0.3) is 11.8 Å². The summed E-state index contributed by atoms with van der Waals surface area (Å²) in [4.78, 5) is 46.6. The molecule has 1 heterocycles. The summed E-state index contributed by atoms with van der Waals surface area (Å²) in [6.07, 6.45) is 0. The maximum absolute atomic E-state index is 11.6. The highest BCUT2D eigenvalue weighted by molar-refractivity contribution is 9.14. The number of hydrogen-bond donors (Lipinski definition) is 0. The highest BCUT2D eigenvalue weighted by Crippen LogP contribution is 2.29. The van der Waals surface area contributed by atoms with E-state index in [1.54, 1.807) is 0 Å². The smallest absolute Gasteiger partial charge is 0.333 e. The molecule has 0 unspecified atom stereocenters. The molecule has 0 aromatic rings. The van der Waals surface area contributed by atoms with E-state index in [2.05, 4.69) is 38.4 Å². The molecule has 2 amide bonds. The van der Waals surface area contributed by atoms with Crippen LogP contribution in [0.25, 0.3) is 0 Å². The minimum atomic E-state index is -0.787. The van der Waals surface area contributed by atoms with Crippen LogP contribution in [0.1, 0.15) is 6.92 Å². The lowest BCUT2D eigenvalue weighted by Crippen LogP contribution is -2.37. The van der Waals surface area contributed by atoms with Crippen molar-refractivity contribution in [2.24, 2.45) is 0 Å². The number of carbonyl (C=O) groups excluding carboxylic acids is 4. The third kappa shape index (κ3) is 4.50. The van der Waals surface area contributed by atoms with Crippen molar-refractivity contribution in [2.75, 3.05) is 19.8 Å². The Morgan fingerprint density at radius 2 is 1.57 bits per heavy atom. The van der Waals surface area contributed by atoms with Crippen molar-refractivity contribution >= 4 is 55.6 Å². The molecule has 1 aliphatic rings. The quantitative estimate of drug-likeness (QED) is 0.273. The van der Waals surface area contributed by atoms with Crippen molar-refractivity contribution in [3.8, 4) is 0 Å². The number of rotatable bonds is 6. The Kier molecular flexibility index (Phi) is 6.28. The largest absolute Gasteiger partial charge is 0.461 e. The number of hydrogen-bond acceptors (Lipinski definition) is 6. The molecule has 21 heavy (non-hydrogen) atoms. The molecule has 0 aliphatic carbocycles. The van der Waals surface area contributed by atoms with Gasteiger partial charge in [-0.2, -0.15) is 0 Å². The van der Waals surface area contributed by atoms with E-state index in [1.165, 1.54) is 6.92 Å². The molecule has 114 valence electrons. The van der Waals surface area contributed by atoms with E-state index in [1.807, 2.05) is 0 Å². The summed E-state index contributed by atoms with van der Waals surface area (Å²) in [5.41, 5.74) is 0.232. The van der Waals surface area contributed by atoms with Crippen LogP contribution in [0.3, 0.4) is 0 Å². The van der Waals surface area contributed by atoms with Gasteiger partial charge in [-0.3, -0.25) is 19.3 Å². The van der Waals surface area contributed by atoms with E-state index in [4.69, 9.17) is 9.47 Å². The van der Waals surface area contributed by atoms with E-state index in [9.17, 15) is 19.2 Å². The molecular formula is C12H11Br2NO6. The molecule has 0 saturated carbocycles. The number of imide groups is 1. The molecule has 0 fully saturated rings. The van der Waals surface area contributed by atoms with Crippen LogP contribution in [-0.4, -0.2) is 48.4 Å². The van der Waals surface area contributed by atoms with Gasteiger partial charge < -0.3 is 9.47 Å². The van der Waals surface area contributed by atoms with Gasteiger partial charge in [-0.25, -0.2) is 4.79 Å². The van der Waals surface area contributed by atoms with Crippen molar-refractivity contribution in [2.45, 2.75) is 6.92 Å². The first kappa shape index (κ1) is 17.6. The fourth-order valence-corrected chi connectivity index (χ4v) is 2.02. The summed E-state index contributed by atoms with van der Waals surface area (Å²) in [7, 11) is 0. The normalized spacial score (nSPS) is 14.5. The Bertz CT molecular complexity index is 530. The van der Waals surface area contributed by atoms with Crippen molar-refractivity contribution in [3.05, 3.63) is 21.1 Å². The molecule has 0 atom stereocenters. The lowest BCUT2D eigenvalue weighted by atomic mass is 10.4. The summed E-state index contributed by atoms with van der Waals surface area (Å²) >= 11 is 5.87. The highest BCUT2D eigenvalue weighted by Gasteiger charge is 2.37. The second kappa shape index (κ2) is 7.51. The number of nitrogens with zero attached hydrogens (tertiary/aromatic N) is 1. The first-order valence-electron chi connectivity index (χ1n) is 5.65. The molecule has 1 rings (SSSR count). The fourth-order valence-electron chi connectivity index (χ4n) is 1.25. The summed E-state index contributed by atoms with van der Waals surface area (Å²) in [5.74, 6) is -2.63. The Balaban J connectivity index is 2.36. The van der Waals surface area contributed by atoms with Gasteiger partial charge in [0, 0.05) is 5.57 Å². The molecular weight excluding hydrogens is 414 g/mol. The molecule has 0 N–H and O–H groups in total. The molecule has 0 saturated heterocycles. The Hall–Kier alpha value is -1.48. The van der Waals surface area contributed by atoms with Gasteiger partial charge in [0.1, 0.15) is 28.7 Å². The molecule has 0 bridgehead atoms. The summed E-state index contributed by atoms with van der Waals surface area (Å²) in [6, 6.07) is 0. The van der Waals surface area contributed by atoms with Crippen molar-refractivity contribution < 1.29 is 28.7 Å². The standard InChI is InChI=1S/C12H11Br2NO6/c1-6(2)12(19)21-4-3-20-7(16)5-15-10(17)8(13)9(14)11(15)18/h1,3-5H2,2H3. The summed E-state index contributed by atoms with van der Waals surface area (Å²) < 4.78 is 9.58. The monoisotopic (exact) mass is 423 g/mol. The average molecular weight is 425 g/mol. The van der Waals surface area contributed by atoms with Crippen LogP contribution >= 0.6 is 31.9 Å². The van der Waals surface area contributed by atoms with Crippen LogP contribution in [0.2, 0.25) is 0 Å². The third-order valence-electron chi connectivity index (χ3n) is 2.27. The zero-order valence-electron chi connectivity index (χ0n) is 11.0. The number of esters is 2. The third-order valence-corrected chi connectivity index (χ3v) is 4.28. The van der Waals surface area contributed by atoms with Crippen LogP contribution < -0.4 is 0 Å². The van der Waals surface area contributed by atoms with Crippen molar-refractivity contribution in [1.82, 2.24) is 4.90 Å². The lowest BCUT2D eigenvalue weighted by molar-refractivity contribution is -0.154. The predicted octanol–water partition coefficient (Wildman–Crippen LogP) is 1.02. The maximum atomic E-state index is 11.6. The molecule has 0 spiro atoms. The first-order chi connectivity index (χ1) is 9.75. The second-order valence-electron chi connectivity index (χ2n) is 3.96. The maximum Gasteiger partial charge on any atom is 0.333 e. The number of ether oxygens (including phenoxy) is 2. The molecule has 1 aliphatic heterocycles. The van der Waals surface area contributed by atoms with E-state index >= 15 is 0 Å². The Morgan fingerprint density at radius 1 is 1.10 bits per heavy atom. The summed E-state index contributed by atoms with van der Waals surface area (Å²) in [6.45, 7) is 4.05. The topological polar surface area (TPSA) is 90.0 Å². The highest BCUT2D eigenvalue weighted by atomic mass is 79.9. The van der Waals surface area contributed by atoms with Gasteiger partial charge in [-0.1, -0.05) is 6.58 Å². The van der Waals surface area contributed by atoms with Gasteiger partial charge in [0.05, 0.1) is 0 Å². The van der Waals surface area contributed by atoms with E-state index in [0.717, 1.165) is 4.90 Å². The SMILES string of the molecule is C=C(C)C(=O)OCCOC(=O)CN1C(=O)C(Br)=C(Br)C1=O. The minimum Gasteiger partial charge on any atom is -0.461 e. The number of carbonyl (C=O) groups is 4. The van der Waals surface area contributed by atoms with E-state index in [0.29, 0.717) is 0 Å². The van der Waals surface area contributed by atoms with E-state index in [-0.39, 0.29) is 27.8 Å². The molecule has 0 radical (unpaired) electrons. The van der Waals surface area contributed by atoms with Gasteiger partial charge in [-0.05, 0) is 38.8 Å². The van der Waals surface area contributed by atoms with Crippen LogP contribution in [0, 0.1) is 0 Å². The Morgan fingerprint density at radius 3 is 2.05 bits per heavy atom. The molecule has 0 aromatic carbocycles. The lowest BCUT2D eigenvalue weighted by Gasteiger charge is -2.13. The average Bonchev–Trinajstić information content (AvgIpc) is 2.61. The van der Waals surface area contributed by atoms with Gasteiger partial charge in [-0.15, -0.1) is 0 Å². The molecule has 0 aromatic heterocycles. The van der Waals surface area contributed by atoms with Crippen LogP contribution in [-0.2, 0) is 28.7 Å².